The van der Waals surface area contributed by atoms with E-state index >= 15 is 0 Å². The van der Waals surface area contributed by atoms with Crippen LogP contribution in [0.3, 0.4) is 0 Å². The van der Waals surface area contributed by atoms with Crippen molar-refractivity contribution in [3.8, 4) is 0 Å². The minimum atomic E-state index is -5.27. The van der Waals surface area contributed by atoms with E-state index in [4.69, 9.17) is 4.74 Å². The number of amides is 1. The fraction of sp³-hybridized carbons (Fsp3) is 0.481. The van der Waals surface area contributed by atoms with Crippen LogP contribution in [0.5, 0.6) is 0 Å². The molecule has 0 saturated heterocycles. The van der Waals surface area contributed by atoms with Crippen molar-refractivity contribution in [3.63, 3.8) is 0 Å². The molecule has 0 unspecified atom stereocenters. The normalized spacial score (nSPS) is 31.1. The van der Waals surface area contributed by atoms with Crippen LogP contribution in [-0.2, 0) is 14.3 Å². The van der Waals surface area contributed by atoms with Gasteiger partial charge in [0.2, 0.25) is 0 Å². The first-order chi connectivity index (χ1) is 17.8. The van der Waals surface area contributed by atoms with Crippen LogP contribution in [0.1, 0.15) is 43.7 Å². The summed E-state index contributed by atoms with van der Waals surface area (Å²) in [6, 6.07) is 15.9. The number of hydrogen-bond acceptors (Lipinski definition) is 4. The van der Waals surface area contributed by atoms with Gasteiger partial charge in [0.1, 0.15) is 5.60 Å². The molecule has 0 aliphatic heterocycles. The van der Waals surface area contributed by atoms with Crippen molar-refractivity contribution >= 4 is 23.6 Å². The van der Waals surface area contributed by atoms with E-state index in [2.05, 4.69) is 5.32 Å². The Morgan fingerprint density at radius 1 is 0.895 bits per heavy atom. The molecule has 38 heavy (non-hydrogen) atoms. The SMILES string of the molecule is O=C(N[C@@H](c1ccccc1)[C@H]1[C@H]2C[C@H]3C[C@](Sc4ccccc4)(C2)C[C@@]1(OC(=O)C(F)(F)F)C3)C(F)(F)F. The van der Waals surface area contributed by atoms with E-state index in [0.717, 1.165) is 4.90 Å². The fourth-order valence-electron chi connectivity index (χ4n) is 7.13. The van der Waals surface area contributed by atoms with Crippen LogP contribution >= 0.6 is 11.8 Å². The molecule has 6 atom stereocenters. The molecule has 4 aliphatic carbocycles. The van der Waals surface area contributed by atoms with E-state index in [0.29, 0.717) is 24.8 Å². The number of carbonyl (C=O) groups excluding carboxylic acids is 2. The maximum absolute atomic E-state index is 13.5. The minimum Gasteiger partial charge on any atom is -0.452 e. The molecule has 6 rings (SSSR count). The quantitative estimate of drug-likeness (QED) is 0.320. The van der Waals surface area contributed by atoms with Crippen LogP contribution in [0.25, 0.3) is 0 Å². The summed E-state index contributed by atoms with van der Waals surface area (Å²) >= 11 is 1.52. The lowest BCUT2D eigenvalue weighted by molar-refractivity contribution is -0.244. The predicted molar refractivity (Wildman–Crippen MR) is 127 cm³/mol. The lowest BCUT2D eigenvalue weighted by Crippen LogP contribution is -2.67. The number of hydrogen-bond donors (Lipinski definition) is 1. The molecule has 4 saturated carbocycles. The number of esters is 1. The summed E-state index contributed by atoms with van der Waals surface area (Å²) in [7, 11) is 0. The Balaban J connectivity index is 1.59. The zero-order valence-electron chi connectivity index (χ0n) is 20.0. The molecule has 4 bridgehead atoms. The molecule has 0 aromatic heterocycles. The third-order valence-corrected chi connectivity index (χ3v) is 9.39. The minimum absolute atomic E-state index is 0.0459. The molecule has 0 spiro atoms. The maximum Gasteiger partial charge on any atom is 0.490 e. The zero-order valence-corrected chi connectivity index (χ0v) is 20.8. The van der Waals surface area contributed by atoms with Gasteiger partial charge < -0.3 is 10.1 Å². The number of carbonyl (C=O) groups is 2. The Bertz CT molecular complexity index is 1190. The highest BCUT2D eigenvalue weighted by molar-refractivity contribution is 8.00. The summed E-state index contributed by atoms with van der Waals surface area (Å²) in [5.41, 5.74) is -1.38. The summed E-state index contributed by atoms with van der Waals surface area (Å²) in [6.07, 6.45) is -8.54. The standard InChI is InChI=1S/C27H25F6NO3S/c28-26(29,30)22(35)34-21(17-7-3-1-4-8-17)20-18-11-16-12-24(14-18,38-19-9-5-2-6-10-19)15-25(20,13-16)37-23(36)27(31,32)33/h1-10,16,18,20-21H,11-15H2,(H,34,35)/t16-,18-,20+,21-,24-,25-/m0/s1. The summed E-state index contributed by atoms with van der Waals surface area (Å²) in [6.45, 7) is 0. The summed E-state index contributed by atoms with van der Waals surface area (Å²) < 4.78 is 85.4. The number of halogens is 6. The largest absolute Gasteiger partial charge is 0.490 e. The van der Waals surface area contributed by atoms with Crippen LogP contribution in [-0.4, -0.2) is 34.6 Å². The maximum atomic E-state index is 13.5. The molecule has 0 heterocycles. The second-order valence-corrected chi connectivity index (χ2v) is 12.1. The van der Waals surface area contributed by atoms with Crippen molar-refractivity contribution in [1.29, 1.82) is 0 Å². The number of nitrogens with one attached hydrogen (secondary N) is 1. The molecule has 2 aromatic carbocycles. The van der Waals surface area contributed by atoms with Crippen molar-refractivity contribution in [1.82, 2.24) is 5.32 Å². The van der Waals surface area contributed by atoms with Crippen LogP contribution in [0.15, 0.2) is 65.6 Å². The van der Waals surface area contributed by atoms with Crippen LogP contribution in [0.2, 0.25) is 0 Å². The third kappa shape index (κ3) is 5.13. The van der Waals surface area contributed by atoms with Crippen LogP contribution in [0.4, 0.5) is 26.3 Å². The average molecular weight is 558 g/mol. The number of thioether (sulfide) groups is 1. The lowest BCUT2D eigenvalue weighted by atomic mass is 9.47. The van der Waals surface area contributed by atoms with Crippen molar-refractivity contribution in [3.05, 3.63) is 66.2 Å². The highest BCUT2D eigenvalue weighted by Crippen LogP contribution is 2.68. The van der Waals surface area contributed by atoms with E-state index in [1.165, 1.54) is 23.9 Å². The summed E-state index contributed by atoms with van der Waals surface area (Å²) in [5, 5.41) is 2.06. The van der Waals surface area contributed by atoms with Gasteiger partial charge in [0.25, 0.3) is 0 Å². The molecule has 1 amide bonds. The Kier molecular flexibility index (Phi) is 6.72. The van der Waals surface area contributed by atoms with Gasteiger partial charge >= 0.3 is 24.2 Å². The zero-order chi connectivity index (χ0) is 27.3. The van der Waals surface area contributed by atoms with Gasteiger partial charge in [0.05, 0.1) is 6.04 Å². The number of rotatable bonds is 6. The summed E-state index contributed by atoms with van der Waals surface area (Å²) in [5.74, 6) is -5.95. The van der Waals surface area contributed by atoms with Crippen LogP contribution < -0.4 is 5.32 Å². The van der Waals surface area contributed by atoms with Crippen molar-refractivity contribution < 1.29 is 40.7 Å². The molecule has 0 radical (unpaired) electrons. The first-order valence-electron chi connectivity index (χ1n) is 12.3. The average Bonchev–Trinajstić information content (AvgIpc) is 2.82. The molecular weight excluding hydrogens is 532 g/mol. The number of ether oxygens (including phenoxy) is 1. The molecule has 4 nitrogen and oxygen atoms in total. The van der Waals surface area contributed by atoms with E-state index in [1.807, 2.05) is 30.3 Å². The Morgan fingerprint density at radius 2 is 1.53 bits per heavy atom. The van der Waals surface area contributed by atoms with E-state index in [-0.39, 0.29) is 24.7 Å². The van der Waals surface area contributed by atoms with Crippen molar-refractivity contribution in [2.24, 2.45) is 17.8 Å². The second kappa shape index (κ2) is 9.50. The van der Waals surface area contributed by atoms with E-state index < -0.39 is 46.5 Å². The molecule has 4 fully saturated rings. The van der Waals surface area contributed by atoms with Gasteiger partial charge in [-0.15, -0.1) is 11.8 Å². The monoisotopic (exact) mass is 557 g/mol. The Hall–Kier alpha value is -2.69. The van der Waals surface area contributed by atoms with Gasteiger partial charge in [0.15, 0.2) is 0 Å². The Labute approximate surface area is 219 Å². The van der Waals surface area contributed by atoms with E-state index in [1.54, 1.807) is 18.2 Å². The van der Waals surface area contributed by atoms with Gasteiger partial charge in [-0.3, -0.25) is 4.79 Å². The van der Waals surface area contributed by atoms with Crippen molar-refractivity contribution in [2.45, 2.75) is 65.7 Å². The number of alkyl halides is 6. The van der Waals surface area contributed by atoms with Gasteiger partial charge in [-0.25, -0.2) is 4.79 Å². The van der Waals surface area contributed by atoms with Gasteiger partial charge in [-0.05, 0) is 55.2 Å². The summed E-state index contributed by atoms with van der Waals surface area (Å²) in [4.78, 5) is 25.3. The highest BCUT2D eigenvalue weighted by Gasteiger charge is 2.67. The first kappa shape index (κ1) is 26.9. The number of benzene rings is 2. The van der Waals surface area contributed by atoms with Crippen LogP contribution in [0, 0.1) is 17.8 Å². The molecule has 4 aliphatic rings. The molecular formula is C27H25F6NO3S. The van der Waals surface area contributed by atoms with Crippen molar-refractivity contribution in [2.75, 3.05) is 0 Å². The van der Waals surface area contributed by atoms with E-state index in [9.17, 15) is 35.9 Å². The van der Waals surface area contributed by atoms with Gasteiger partial charge in [-0.1, -0.05) is 48.5 Å². The molecule has 204 valence electrons. The predicted octanol–water partition coefficient (Wildman–Crippen LogP) is 6.62. The smallest absolute Gasteiger partial charge is 0.452 e. The van der Waals surface area contributed by atoms with Gasteiger partial charge in [0, 0.05) is 22.0 Å². The third-order valence-electron chi connectivity index (χ3n) is 7.97. The Morgan fingerprint density at radius 3 is 2.13 bits per heavy atom. The highest BCUT2D eigenvalue weighted by atomic mass is 32.2. The lowest BCUT2D eigenvalue weighted by Gasteiger charge is -2.65. The second-order valence-electron chi connectivity index (χ2n) is 10.6. The first-order valence-corrected chi connectivity index (χ1v) is 13.1. The fourth-order valence-corrected chi connectivity index (χ4v) is 8.86. The van der Waals surface area contributed by atoms with Gasteiger partial charge in [-0.2, -0.15) is 26.3 Å². The molecule has 1 N–H and O–H groups in total. The molecule has 2 aromatic rings. The topological polar surface area (TPSA) is 55.4 Å². The molecule has 11 heteroatoms.